The third-order valence-electron chi connectivity index (χ3n) is 6.05. The number of nitrogens with zero attached hydrogens (tertiary/aromatic N) is 5. The summed E-state index contributed by atoms with van der Waals surface area (Å²) in [6, 6.07) is 8.27. The topological polar surface area (TPSA) is 81.4 Å². The summed E-state index contributed by atoms with van der Waals surface area (Å²) < 4.78 is 1.06. The molecule has 3 heterocycles. The Morgan fingerprint density at radius 1 is 1.26 bits per heavy atom. The number of piperidine rings is 1. The third-order valence-corrected chi connectivity index (χ3v) is 8.53. The largest absolute Gasteiger partial charge is 0.342 e. The molecule has 1 fully saturated rings. The number of hydrogen-bond donors (Lipinski definition) is 1. The Morgan fingerprint density at radius 3 is 2.79 bits per heavy atom. The van der Waals surface area contributed by atoms with Gasteiger partial charge in [-0.25, -0.2) is 9.98 Å². The van der Waals surface area contributed by atoms with Gasteiger partial charge in [0.25, 0.3) is 0 Å². The number of amidine groups is 1. The number of aromatic nitrogens is 1. The zero-order valence-corrected chi connectivity index (χ0v) is 21.9. The number of aliphatic imine (C=N–C) groups is 1. The molecule has 1 aromatic carbocycles. The number of thiazole rings is 1. The number of likely N-dealkylation sites (tertiary alicyclic amines) is 1. The SMILES string of the molecule is Cc1sc(C2CCN(C(=O)CSC3=NN(O)C4=CCC=CC4=N3)CC2)nc1-c1ccc(Br)cc1. The van der Waals surface area contributed by atoms with Crippen molar-refractivity contribution in [3.63, 3.8) is 0 Å². The highest BCUT2D eigenvalue weighted by Crippen LogP contribution is 2.36. The van der Waals surface area contributed by atoms with Crippen molar-refractivity contribution in [2.45, 2.75) is 32.1 Å². The van der Waals surface area contributed by atoms with Gasteiger partial charge in [-0.3, -0.25) is 10.0 Å². The van der Waals surface area contributed by atoms with Crippen LogP contribution in [0.1, 0.15) is 35.1 Å². The first-order chi connectivity index (χ1) is 16.5. The molecule has 5 rings (SSSR count). The molecule has 0 radical (unpaired) electrons. The van der Waals surface area contributed by atoms with E-state index in [9.17, 15) is 10.0 Å². The summed E-state index contributed by atoms with van der Waals surface area (Å²) in [6.45, 7) is 3.57. The van der Waals surface area contributed by atoms with Crippen LogP contribution in [0.3, 0.4) is 0 Å². The Hall–Kier alpha value is -2.27. The van der Waals surface area contributed by atoms with Crippen LogP contribution in [0.25, 0.3) is 11.3 Å². The van der Waals surface area contributed by atoms with Crippen LogP contribution in [-0.4, -0.2) is 55.9 Å². The van der Waals surface area contributed by atoms with E-state index in [1.165, 1.54) is 16.6 Å². The molecule has 0 spiro atoms. The van der Waals surface area contributed by atoms with Crippen molar-refractivity contribution in [1.29, 1.82) is 0 Å². The van der Waals surface area contributed by atoms with Crippen LogP contribution >= 0.6 is 39.0 Å². The van der Waals surface area contributed by atoms with Crippen LogP contribution in [-0.2, 0) is 4.79 Å². The summed E-state index contributed by atoms with van der Waals surface area (Å²) in [4.78, 5) is 25.4. The Balaban J connectivity index is 1.16. The fraction of sp³-hybridized carbons (Fsp3) is 0.333. The summed E-state index contributed by atoms with van der Waals surface area (Å²) in [5.74, 6) is 0.702. The smallest absolute Gasteiger partial charge is 0.233 e. The normalized spacial score (nSPS) is 18.4. The van der Waals surface area contributed by atoms with Gasteiger partial charge in [0.1, 0.15) is 5.70 Å². The van der Waals surface area contributed by atoms with Crippen molar-refractivity contribution in [3.05, 3.63) is 62.5 Å². The van der Waals surface area contributed by atoms with Gasteiger partial charge >= 0.3 is 0 Å². The van der Waals surface area contributed by atoms with Gasteiger partial charge in [0, 0.05) is 33.9 Å². The number of carbonyl (C=O) groups is 1. The minimum absolute atomic E-state index is 0.0715. The van der Waals surface area contributed by atoms with Crippen molar-refractivity contribution in [3.8, 4) is 11.3 Å². The summed E-state index contributed by atoms with van der Waals surface area (Å²) in [6.07, 6.45) is 8.27. The highest BCUT2D eigenvalue weighted by molar-refractivity contribution is 9.10. The minimum Gasteiger partial charge on any atom is -0.342 e. The Labute approximate surface area is 215 Å². The van der Waals surface area contributed by atoms with Crippen molar-refractivity contribution in [1.82, 2.24) is 15.1 Å². The molecule has 1 saturated heterocycles. The first-order valence-corrected chi connectivity index (χ1v) is 13.7. The molecular weight excluding hydrogens is 534 g/mol. The minimum atomic E-state index is 0.0715. The second kappa shape index (κ2) is 10.2. The van der Waals surface area contributed by atoms with Gasteiger partial charge < -0.3 is 4.90 Å². The second-order valence-electron chi connectivity index (χ2n) is 8.30. The first-order valence-electron chi connectivity index (χ1n) is 11.1. The lowest BCUT2D eigenvalue weighted by atomic mass is 9.97. The quantitative estimate of drug-likeness (QED) is 0.530. The van der Waals surface area contributed by atoms with Gasteiger partial charge in [-0.2, -0.15) is 0 Å². The molecule has 10 heteroatoms. The summed E-state index contributed by atoms with van der Waals surface area (Å²) in [5.41, 5.74) is 3.44. The van der Waals surface area contributed by atoms with E-state index >= 15 is 0 Å². The molecule has 1 aliphatic carbocycles. The van der Waals surface area contributed by atoms with Crippen LogP contribution in [0.15, 0.2) is 62.8 Å². The number of benzene rings is 1. The second-order valence-corrected chi connectivity index (χ2v) is 11.4. The highest BCUT2D eigenvalue weighted by atomic mass is 79.9. The maximum absolute atomic E-state index is 12.8. The molecule has 2 aromatic rings. The van der Waals surface area contributed by atoms with E-state index in [0.717, 1.165) is 58.3 Å². The number of allylic oxidation sites excluding steroid dienone is 3. The third kappa shape index (κ3) is 5.05. The molecular formula is C24H24BrN5O2S2. The summed E-state index contributed by atoms with van der Waals surface area (Å²) in [5, 5.41) is 16.6. The zero-order chi connectivity index (χ0) is 23.7. The van der Waals surface area contributed by atoms with E-state index in [1.807, 2.05) is 35.3 Å². The maximum Gasteiger partial charge on any atom is 0.233 e. The van der Waals surface area contributed by atoms with Crippen molar-refractivity contribution in [2.75, 3.05) is 18.8 Å². The van der Waals surface area contributed by atoms with E-state index in [1.54, 1.807) is 11.3 Å². The molecule has 3 aliphatic rings. The monoisotopic (exact) mass is 557 g/mol. The fourth-order valence-electron chi connectivity index (χ4n) is 4.21. The molecule has 1 amide bonds. The Bertz CT molecular complexity index is 1210. The Kier molecular flexibility index (Phi) is 7.01. The van der Waals surface area contributed by atoms with E-state index < -0.39 is 0 Å². The first kappa shape index (κ1) is 23.5. The molecule has 1 N–H and O–H groups in total. The zero-order valence-electron chi connectivity index (χ0n) is 18.6. The molecule has 0 bridgehead atoms. The fourth-order valence-corrected chi connectivity index (χ4v) is 6.32. The van der Waals surface area contributed by atoms with Gasteiger partial charge in [-0.05, 0) is 44.4 Å². The average molecular weight is 559 g/mol. The van der Waals surface area contributed by atoms with Gasteiger partial charge in [-0.1, -0.05) is 52.0 Å². The number of rotatable bonds is 4. The summed E-state index contributed by atoms with van der Waals surface area (Å²) >= 11 is 6.51. The summed E-state index contributed by atoms with van der Waals surface area (Å²) in [7, 11) is 0. The van der Waals surface area contributed by atoms with Crippen LogP contribution < -0.4 is 0 Å². The maximum atomic E-state index is 12.8. The van der Waals surface area contributed by atoms with Crippen LogP contribution in [0.5, 0.6) is 0 Å². The molecule has 0 atom stereocenters. The van der Waals surface area contributed by atoms with Crippen molar-refractivity contribution in [2.24, 2.45) is 10.1 Å². The molecule has 1 aromatic heterocycles. The van der Waals surface area contributed by atoms with E-state index in [-0.39, 0.29) is 11.7 Å². The van der Waals surface area contributed by atoms with Gasteiger partial charge in [-0.15, -0.1) is 21.6 Å². The van der Waals surface area contributed by atoms with E-state index in [2.05, 4.69) is 45.1 Å². The number of carbonyl (C=O) groups excluding carboxylic acids is 1. The number of fused-ring (bicyclic) bond motifs is 1. The van der Waals surface area contributed by atoms with Crippen molar-refractivity contribution < 1.29 is 10.0 Å². The number of aryl methyl sites for hydroxylation is 1. The standard InChI is InChI=1S/C24H24BrN5O2S2/c1-15-22(16-6-8-18(25)9-7-16)27-23(34-15)17-10-12-29(13-11-17)21(31)14-33-24-26-19-4-2-3-5-20(19)30(32)28-24/h2,4-9,17,32H,3,10-14H2,1H3. The lowest BCUT2D eigenvalue weighted by Crippen LogP contribution is -2.39. The van der Waals surface area contributed by atoms with E-state index in [0.29, 0.717) is 22.5 Å². The van der Waals surface area contributed by atoms with Crippen LogP contribution in [0.4, 0.5) is 0 Å². The number of amides is 1. The van der Waals surface area contributed by atoms with E-state index in [4.69, 9.17) is 4.98 Å². The molecule has 34 heavy (non-hydrogen) atoms. The molecule has 7 nitrogen and oxygen atoms in total. The number of hydroxylamine groups is 1. The molecule has 176 valence electrons. The van der Waals surface area contributed by atoms with Crippen LogP contribution in [0.2, 0.25) is 0 Å². The van der Waals surface area contributed by atoms with Gasteiger partial charge in [0.05, 0.1) is 22.2 Å². The number of thioether (sulfide) groups is 1. The predicted octanol–water partition coefficient (Wildman–Crippen LogP) is 5.58. The lowest BCUT2D eigenvalue weighted by Gasteiger charge is -2.31. The molecule has 0 unspecified atom stereocenters. The van der Waals surface area contributed by atoms with Crippen LogP contribution in [0, 0.1) is 6.92 Å². The number of halogens is 1. The van der Waals surface area contributed by atoms with Crippen molar-refractivity contribution >= 4 is 55.8 Å². The Morgan fingerprint density at radius 2 is 2.03 bits per heavy atom. The average Bonchev–Trinajstić information content (AvgIpc) is 3.24. The molecule has 0 saturated carbocycles. The van der Waals surface area contributed by atoms with Gasteiger partial charge in [0.15, 0.2) is 0 Å². The predicted molar refractivity (Wildman–Crippen MR) is 141 cm³/mol. The lowest BCUT2D eigenvalue weighted by molar-refractivity contribution is -0.129. The van der Waals surface area contributed by atoms with Gasteiger partial charge in [0.2, 0.25) is 11.1 Å². The number of hydrazone groups is 1. The highest BCUT2D eigenvalue weighted by Gasteiger charge is 2.27. The molecule has 2 aliphatic heterocycles. The number of hydrogen-bond acceptors (Lipinski definition) is 8.